The minimum atomic E-state index is -0.329. The highest BCUT2D eigenvalue weighted by Gasteiger charge is 2.13. The molecule has 0 saturated heterocycles. The number of phenolic OH excluding ortho intramolecular Hbond substituents is 1. The molecule has 3 aromatic rings. The number of imidazole rings is 1. The van der Waals surface area contributed by atoms with E-state index in [-0.39, 0.29) is 29.7 Å². The van der Waals surface area contributed by atoms with Gasteiger partial charge >= 0.3 is 0 Å². The van der Waals surface area contributed by atoms with Crippen molar-refractivity contribution in [1.82, 2.24) is 14.7 Å². The molecule has 0 atom stereocenters. The zero-order valence-corrected chi connectivity index (χ0v) is 14.2. The van der Waals surface area contributed by atoms with Crippen LogP contribution < -0.4 is 5.32 Å². The minimum Gasteiger partial charge on any atom is -0.507 e. The zero-order valence-electron chi connectivity index (χ0n) is 13.5. The van der Waals surface area contributed by atoms with E-state index in [9.17, 15) is 9.90 Å². The second kappa shape index (κ2) is 6.53. The Balaban J connectivity index is 1.76. The van der Waals surface area contributed by atoms with E-state index in [2.05, 4.69) is 10.3 Å². The minimum absolute atomic E-state index is 0.0290. The number of nitrogens with zero attached hydrogens (tertiary/aromatic N) is 2. The number of pyridine rings is 1. The molecule has 0 unspecified atom stereocenters. The molecule has 0 bridgehead atoms. The maximum Gasteiger partial charge on any atom is 0.255 e. The van der Waals surface area contributed by atoms with Gasteiger partial charge in [-0.3, -0.25) is 4.79 Å². The number of fused-ring (bicyclic) bond motifs is 1. The number of aromatic nitrogens is 2. The molecule has 0 aliphatic rings. The van der Waals surface area contributed by atoms with E-state index in [4.69, 9.17) is 11.6 Å². The summed E-state index contributed by atoms with van der Waals surface area (Å²) >= 11 is 5.95. The molecule has 3 rings (SSSR count). The first-order chi connectivity index (χ1) is 11.4. The molecule has 2 N–H and O–H groups in total. The second-order valence-corrected chi connectivity index (χ2v) is 6.40. The van der Waals surface area contributed by atoms with Crippen molar-refractivity contribution < 1.29 is 9.90 Å². The molecular weight excluding hydrogens is 326 g/mol. The van der Waals surface area contributed by atoms with E-state index in [0.29, 0.717) is 10.7 Å². The highest BCUT2D eigenvalue weighted by Crippen LogP contribution is 2.23. The van der Waals surface area contributed by atoms with Crippen LogP contribution in [-0.2, 0) is 6.54 Å². The quantitative estimate of drug-likeness (QED) is 0.758. The van der Waals surface area contributed by atoms with Gasteiger partial charge in [-0.05, 0) is 35.7 Å². The maximum absolute atomic E-state index is 12.4. The van der Waals surface area contributed by atoms with E-state index in [1.165, 1.54) is 0 Å². The lowest BCUT2D eigenvalue weighted by molar-refractivity contribution is 0.0947. The molecule has 0 spiro atoms. The van der Waals surface area contributed by atoms with Crippen molar-refractivity contribution in [2.24, 2.45) is 0 Å². The van der Waals surface area contributed by atoms with Crippen molar-refractivity contribution >= 4 is 23.2 Å². The summed E-state index contributed by atoms with van der Waals surface area (Å²) in [5.41, 5.74) is 2.74. The summed E-state index contributed by atoms with van der Waals surface area (Å²) in [6.45, 7) is 4.34. The first kappa shape index (κ1) is 16.3. The lowest BCUT2D eigenvalue weighted by Gasteiger charge is -2.10. The highest BCUT2D eigenvalue weighted by atomic mass is 35.5. The van der Waals surface area contributed by atoms with Crippen molar-refractivity contribution in [2.75, 3.05) is 0 Å². The van der Waals surface area contributed by atoms with Crippen LogP contribution in [0.2, 0.25) is 5.02 Å². The van der Waals surface area contributed by atoms with E-state index in [0.717, 1.165) is 11.2 Å². The summed E-state index contributed by atoms with van der Waals surface area (Å²) in [6.07, 6.45) is 3.57. The normalized spacial score (nSPS) is 11.2. The Morgan fingerprint density at radius 1 is 1.29 bits per heavy atom. The van der Waals surface area contributed by atoms with Crippen LogP contribution in [0.3, 0.4) is 0 Å². The molecule has 124 valence electrons. The Bertz CT molecular complexity index is 902. The Labute approximate surface area is 144 Å². The van der Waals surface area contributed by atoms with Gasteiger partial charge in [0.05, 0.1) is 22.8 Å². The van der Waals surface area contributed by atoms with Gasteiger partial charge in [-0.25, -0.2) is 4.98 Å². The first-order valence-electron chi connectivity index (χ1n) is 7.68. The summed E-state index contributed by atoms with van der Waals surface area (Å²) in [4.78, 5) is 16.8. The number of benzene rings is 1. The lowest BCUT2D eigenvalue weighted by atomic mass is 10.00. The van der Waals surface area contributed by atoms with Gasteiger partial charge in [0.15, 0.2) is 0 Å². The van der Waals surface area contributed by atoms with Crippen molar-refractivity contribution in [1.29, 1.82) is 0 Å². The average molecular weight is 344 g/mol. The Kier molecular flexibility index (Phi) is 4.44. The third kappa shape index (κ3) is 3.36. The SMILES string of the molecule is CC(C)c1ccc(O)c(C(=O)NCc2cn3cc(Cl)ccc3n2)c1. The third-order valence-electron chi connectivity index (χ3n) is 3.83. The van der Waals surface area contributed by atoms with Gasteiger partial charge in [0.25, 0.3) is 5.91 Å². The molecule has 0 fully saturated rings. The fraction of sp³-hybridized carbons (Fsp3) is 0.222. The molecule has 6 heteroatoms. The van der Waals surface area contributed by atoms with E-state index in [1.807, 2.05) is 32.2 Å². The number of halogens is 1. The summed E-state index contributed by atoms with van der Waals surface area (Å²) in [5, 5.41) is 13.3. The van der Waals surface area contributed by atoms with E-state index >= 15 is 0 Å². The molecule has 2 aromatic heterocycles. The van der Waals surface area contributed by atoms with Gasteiger partial charge in [-0.15, -0.1) is 0 Å². The van der Waals surface area contributed by atoms with E-state index < -0.39 is 0 Å². The number of phenols is 1. The largest absolute Gasteiger partial charge is 0.507 e. The van der Waals surface area contributed by atoms with Gasteiger partial charge < -0.3 is 14.8 Å². The fourth-order valence-corrected chi connectivity index (χ4v) is 2.63. The maximum atomic E-state index is 12.4. The van der Waals surface area contributed by atoms with Gasteiger partial charge in [0, 0.05) is 12.4 Å². The summed E-state index contributed by atoms with van der Waals surface area (Å²) in [6, 6.07) is 8.67. The van der Waals surface area contributed by atoms with Crippen molar-refractivity contribution in [3.63, 3.8) is 0 Å². The van der Waals surface area contributed by atoms with Gasteiger partial charge in [-0.1, -0.05) is 31.5 Å². The number of rotatable bonds is 4. The zero-order chi connectivity index (χ0) is 17.3. The van der Waals surface area contributed by atoms with Crippen LogP contribution in [0.4, 0.5) is 0 Å². The van der Waals surface area contributed by atoms with Crippen LogP contribution in [0.1, 0.15) is 41.4 Å². The monoisotopic (exact) mass is 343 g/mol. The lowest BCUT2D eigenvalue weighted by Crippen LogP contribution is -2.23. The number of aromatic hydroxyl groups is 1. The number of nitrogens with one attached hydrogen (secondary N) is 1. The van der Waals surface area contributed by atoms with Crippen LogP contribution in [0.5, 0.6) is 5.75 Å². The standard InChI is InChI=1S/C18H18ClN3O2/c1-11(2)12-3-5-16(23)15(7-12)18(24)20-8-14-10-22-9-13(19)4-6-17(22)21-14/h3-7,9-11,23H,8H2,1-2H3,(H,20,24). The van der Waals surface area contributed by atoms with E-state index in [1.54, 1.807) is 28.8 Å². The van der Waals surface area contributed by atoms with Crippen LogP contribution in [-0.4, -0.2) is 20.4 Å². The molecule has 2 heterocycles. The van der Waals surface area contributed by atoms with Crippen LogP contribution in [0.15, 0.2) is 42.7 Å². The first-order valence-corrected chi connectivity index (χ1v) is 8.06. The predicted molar refractivity (Wildman–Crippen MR) is 93.6 cm³/mol. The van der Waals surface area contributed by atoms with Crippen LogP contribution in [0, 0.1) is 0 Å². The second-order valence-electron chi connectivity index (χ2n) is 5.96. The van der Waals surface area contributed by atoms with Crippen LogP contribution in [0.25, 0.3) is 5.65 Å². The molecule has 24 heavy (non-hydrogen) atoms. The highest BCUT2D eigenvalue weighted by molar-refractivity contribution is 6.30. The molecule has 0 radical (unpaired) electrons. The van der Waals surface area contributed by atoms with Crippen LogP contribution >= 0.6 is 11.6 Å². The van der Waals surface area contributed by atoms with Gasteiger partial charge in [0.2, 0.25) is 0 Å². The number of hydrogen-bond donors (Lipinski definition) is 2. The topological polar surface area (TPSA) is 66.6 Å². The fourth-order valence-electron chi connectivity index (χ4n) is 2.46. The third-order valence-corrected chi connectivity index (χ3v) is 4.05. The molecular formula is C18H18ClN3O2. The smallest absolute Gasteiger partial charge is 0.255 e. The van der Waals surface area contributed by atoms with Gasteiger partial charge in [-0.2, -0.15) is 0 Å². The number of carbonyl (C=O) groups is 1. The summed E-state index contributed by atoms with van der Waals surface area (Å²) in [5.74, 6) is -0.0795. The summed E-state index contributed by atoms with van der Waals surface area (Å²) < 4.78 is 1.81. The summed E-state index contributed by atoms with van der Waals surface area (Å²) in [7, 11) is 0. The number of amides is 1. The Hall–Kier alpha value is -2.53. The van der Waals surface area contributed by atoms with Crippen molar-refractivity contribution in [3.05, 3.63) is 64.6 Å². The molecule has 1 amide bonds. The van der Waals surface area contributed by atoms with Crippen molar-refractivity contribution in [2.45, 2.75) is 26.3 Å². The molecule has 1 aromatic carbocycles. The predicted octanol–water partition coefficient (Wildman–Crippen LogP) is 3.75. The Morgan fingerprint density at radius 2 is 2.08 bits per heavy atom. The number of hydrogen-bond acceptors (Lipinski definition) is 3. The molecule has 0 aliphatic heterocycles. The molecule has 0 saturated carbocycles. The Morgan fingerprint density at radius 3 is 2.83 bits per heavy atom. The molecule has 0 aliphatic carbocycles. The average Bonchev–Trinajstić information content (AvgIpc) is 2.94. The number of carbonyl (C=O) groups excluding carboxylic acids is 1. The van der Waals surface area contributed by atoms with Gasteiger partial charge in [0.1, 0.15) is 11.4 Å². The van der Waals surface area contributed by atoms with Crippen molar-refractivity contribution in [3.8, 4) is 5.75 Å². The molecule has 5 nitrogen and oxygen atoms in total.